The summed E-state index contributed by atoms with van der Waals surface area (Å²) in [5.74, 6) is 2.30. The number of rotatable bonds is 7. The lowest BCUT2D eigenvalue weighted by molar-refractivity contribution is 0.0953. The Labute approximate surface area is 207 Å². The van der Waals surface area contributed by atoms with Gasteiger partial charge in [0.1, 0.15) is 0 Å². The molecule has 2 N–H and O–H groups in total. The van der Waals surface area contributed by atoms with Gasteiger partial charge in [-0.25, -0.2) is 0 Å². The maximum Gasteiger partial charge on any atom is 0.251 e. The van der Waals surface area contributed by atoms with Crippen molar-refractivity contribution in [2.75, 3.05) is 34.4 Å². The highest BCUT2D eigenvalue weighted by molar-refractivity contribution is 14.0. The fourth-order valence-electron chi connectivity index (χ4n) is 3.74. The van der Waals surface area contributed by atoms with E-state index < -0.39 is 0 Å². The van der Waals surface area contributed by atoms with E-state index >= 15 is 0 Å². The van der Waals surface area contributed by atoms with Crippen molar-refractivity contribution in [1.29, 1.82) is 0 Å². The largest absolute Gasteiger partial charge is 0.493 e. The van der Waals surface area contributed by atoms with Crippen LogP contribution in [-0.2, 0) is 19.5 Å². The standard InChI is InChI=1S/C24H32N4O3.HI/c1-5-10-26-23(29)19-8-6-7-17(12-19)15-27-24(25-2)28-11-9-18-13-21(30-3)22(31-4)14-20(18)16-28;/h6-8,12-14H,5,9-11,15-16H2,1-4H3,(H,25,27)(H,26,29);1H. The lowest BCUT2D eigenvalue weighted by Gasteiger charge is -2.32. The van der Waals surface area contributed by atoms with E-state index in [2.05, 4.69) is 26.6 Å². The normalized spacial score (nSPS) is 13.0. The third kappa shape index (κ3) is 6.27. The second kappa shape index (κ2) is 12.5. The predicted molar refractivity (Wildman–Crippen MR) is 138 cm³/mol. The molecule has 1 amide bonds. The number of nitrogens with zero attached hydrogens (tertiary/aromatic N) is 2. The summed E-state index contributed by atoms with van der Waals surface area (Å²) in [5.41, 5.74) is 4.20. The maximum atomic E-state index is 12.2. The molecule has 0 unspecified atom stereocenters. The molecule has 0 spiro atoms. The number of carbonyl (C=O) groups is 1. The number of ether oxygens (including phenoxy) is 2. The van der Waals surface area contributed by atoms with E-state index in [1.807, 2.05) is 37.3 Å². The number of guanidine groups is 1. The minimum Gasteiger partial charge on any atom is -0.493 e. The third-order valence-corrected chi connectivity index (χ3v) is 5.40. The first kappa shape index (κ1) is 25.8. The van der Waals surface area contributed by atoms with Gasteiger partial charge in [0.05, 0.1) is 14.2 Å². The molecule has 7 nitrogen and oxygen atoms in total. The zero-order valence-corrected chi connectivity index (χ0v) is 21.6. The van der Waals surface area contributed by atoms with Gasteiger partial charge in [0, 0.05) is 38.8 Å². The van der Waals surface area contributed by atoms with Crippen LogP contribution in [0.4, 0.5) is 0 Å². The van der Waals surface area contributed by atoms with Gasteiger partial charge < -0.3 is 25.0 Å². The Morgan fingerprint density at radius 3 is 2.47 bits per heavy atom. The van der Waals surface area contributed by atoms with Crippen molar-refractivity contribution < 1.29 is 14.3 Å². The molecule has 2 aromatic carbocycles. The van der Waals surface area contributed by atoms with E-state index in [0.717, 1.165) is 49.0 Å². The quantitative estimate of drug-likeness (QED) is 0.312. The summed E-state index contributed by atoms with van der Waals surface area (Å²) in [4.78, 5) is 18.9. The van der Waals surface area contributed by atoms with Crippen molar-refractivity contribution in [3.05, 3.63) is 58.7 Å². The number of methoxy groups -OCH3 is 2. The van der Waals surface area contributed by atoms with Crippen LogP contribution in [-0.4, -0.2) is 51.1 Å². The van der Waals surface area contributed by atoms with Crippen molar-refractivity contribution in [3.8, 4) is 11.5 Å². The van der Waals surface area contributed by atoms with Crippen LogP contribution in [0.2, 0.25) is 0 Å². The highest BCUT2D eigenvalue weighted by atomic mass is 127. The zero-order valence-electron chi connectivity index (χ0n) is 19.2. The number of halogens is 1. The van der Waals surface area contributed by atoms with Crippen molar-refractivity contribution in [1.82, 2.24) is 15.5 Å². The second-order valence-electron chi connectivity index (χ2n) is 7.50. The van der Waals surface area contributed by atoms with Crippen LogP contribution < -0.4 is 20.1 Å². The van der Waals surface area contributed by atoms with Gasteiger partial charge in [-0.3, -0.25) is 9.79 Å². The van der Waals surface area contributed by atoms with Crippen LogP contribution >= 0.6 is 24.0 Å². The molecule has 1 heterocycles. The molecule has 174 valence electrons. The van der Waals surface area contributed by atoms with Gasteiger partial charge >= 0.3 is 0 Å². The van der Waals surface area contributed by atoms with Gasteiger partial charge in [0.25, 0.3) is 5.91 Å². The van der Waals surface area contributed by atoms with Crippen LogP contribution in [0.25, 0.3) is 0 Å². The molecular weight excluding hydrogens is 519 g/mol. The molecule has 1 aliphatic rings. The molecule has 0 radical (unpaired) electrons. The minimum atomic E-state index is -0.0369. The lowest BCUT2D eigenvalue weighted by atomic mass is 9.99. The number of hydrogen-bond acceptors (Lipinski definition) is 4. The Morgan fingerprint density at radius 2 is 1.81 bits per heavy atom. The van der Waals surface area contributed by atoms with E-state index in [1.54, 1.807) is 21.3 Å². The smallest absolute Gasteiger partial charge is 0.251 e. The average molecular weight is 552 g/mol. The highest BCUT2D eigenvalue weighted by Crippen LogP contribution is 2.33. The number of hydrogen-bond donors (Lipinski definition) is 2. The molecule has 1 aliphatic heterocycles. The monoisotopic (exact) mass is 552 g/mol. The molecule has 8 heteroatoms. The molecule has 0 atom stereocenters. The fraction of sp³-hybridized carbons (Fsp3) is 0.417. The van der Waals surface area contributed by atoms with Crippen LogP contribution in [0.3, 0.4) is 0 Å². The van der Waals surface area contributed by atoms with Gasteiger partial charge in [-0.2, -0.15) is 0 Å². The Morgan fingerprint density at radius 1 is 1.09 bits per heavy atom. The topological polar surface area (TPSA) is 75.2 Å². The zero-order chi connectivity index (χ0) is 22.2. The number of nitrogens with one attached hydrogen (secondary N) is 2. The highest BCUT2D eigenvalue weighted by Gasteiger charge is 2.21. The summed E-state index contributed by atoms with van der Waals surface area (Å²) in [6.07, 6.45) is 1.82. The first-order chi connectivity index (χ1) is 15.1. The van der Waals surface area contributed by atoms with E-state index in [-0.39, 0.29) is 29.9 Å². The predicted octanol–water partition coefficient (Wildman–Crippen LogP) is 3.60. The Hall–Kier alpha value is -2.49. The number of benzene rings is 2. The number of carbonyl (C=O) groups excluding carboxylic acids is 1. The summed E-state index contributed by atoms with van der Waals surface area (Å²) in [6.45, 7) is 4.92. The van der Waals surface area contributed by atoms with E-state index in [0.29, 0.717) is 18.7 Å². The Balaban J connectivity index is 0.00000363. The van der Waals surface area contributed by atoms with Gasteiger partial charge in [-0.05, 0) is 53.8 Å². The van der Waals surface area contributed by atoms with Crippen LogP contribution in [0.1, 0.15) is 40.4 Å². The molecule has 3 rings (SSSR count). The molecular formula is C24H33IN4O3. The second-order valence-corrected chi connectivity index (χ2v) is 7.50. The molecule has 0 fully saturated rings. The SMILES string of the molecule is CCCNC(=O)c1cccc(CNC(=NC)N2CCc3cc(OC)c(OC)cc3C2)c1.I. The molecule has 0 aromatic heterocycles. The minimum absolute atomic E-state index is 0. The van der Waals surface area contributed by atoms with Gasteiger partial charge in [-0.15, -0.1) is 24.0 Å². The Bertz CT molecular complexity index is 949. The van der Waals surface area contributed by atoms with Crippen molar-refractivity contribution in [2.24, 2.45) is 4.99 Å². The third-order valence-electron chi connectivity index (χ3n) is 5.40. The van der Waals surface area contributed by atoms with Crippen LogP contribution in [0.5, 0.6) is 11.5 Å². The summed E-state index contributed by atoms with van der Waals surface area (Å²) in [6, 6.07) is 11.8. The number of amides is 1. The fourth-order valence-corrected chi connectivity index (χ4v) is 3.74. The van der Waals surface area contributed by atoms with Crippen LogP contribution in [0, 0.1) is 0 Å². The van der Waals surface area contributed by atoms with E-state index in [1.165, 1.54) is 11.1 Å². The van der Waals surface area contributed by atoms with Crippen LogP contribution in [0.15, 0.2) is 41.4 Å². The summed E-state index contributed by atoms with van der Waals surface area (Å²) in [5, 5.41) is 6.35. The lowest BCUT2D eigenvalue weighted by Crippen LogP contribution is -2.43. The molecule has 2 aromatic rings. The molecule has 0 saturated heterocycles. The van der Waals surface area contributed by atoms with E-state index in [4.69, 9.17) is 9.47 Å². The first-order valence-corrected chi connectivity index (χ1v) is 10.7. The summed E-state index contributed by atoms with van der Waals surface area (Å²) in [7, 11) is 5.11. The van der Waals surface area contributed by atoms with Gasteiger partial charge in [0.2, 0.25) is 0 Å². The summed E-state index contributed by atoms with van der Waals surface area (Å²) >= 11 is 0. The number of fused-ring (bicyclic) bond motifs is 1. The van der Waals surface area contributed by atoms with Gasteiger partial charge in [0.15, 0.2) is 17.5 Å². The molecule has 0 bridgehead atoms. The molecule has 0 saturated carbocycles. The first-order valence-electron chi connectivity index (χ1n) is 10.7. The number of aliphatic imine (C=N–C) groups is 1. The van der Waals surface area contributed by atoms with Crippen molar-refractivity contribution in [3.63, 3.8) is 0 Å². The van der Waals surface area contributed by atoms with E-state index in [9.17, 15) is 4.79 Å². The molecule has 0 aliphatic carbocycles. The summed E-state index contributed by atoms with van der Waals surface area (Å²) < 4.78 is 10.9. The molecule has 32 heavy (non-hydrogen) atoms. The van der Waals surface area contributed by atoms with Crippen molar-refractivity contribution >= 4 is 35.8 Å². The van der Waals surface area contributed by atoms with Crippen molar-refractivity contribution in [2.45, 2.75) is 32.9 Å². The maximum absolute atomic E-state index is 12.2. The average Bonchev–Trinajstić information content (AvgIpc) is 2.82. The Kier molecular flexibility index (Phi) is 10.1. The van der Waals surface area contributed by atoms with Gasteiger partial charge in [-0.1, -0.05) is 19.1 Å².